The summed E-state index contributed by atoms with van der Waals surface area (Å²) >= 11 is 7.17. The van der Waals surface area contributed by atoms with E-state index >= 15 is 0 Å². The van der Waals surface area contributed by atoms with Gasteiger partial charge in [-0.05, 0) is 19.1 Å². The molecule has 0 bridgehead atoms. The van der Waals surface area contributed by atoms with Crippen molar-refractivity contribution in [3.63, 3.8) is 0 Å². The van der Waals surface area contributed by atoms with Crippen LogP contribution in [0, 0.1) is 17.0 Å². The van der Waals surface area contributed by atoms with E-state index in [1.165, 1.54) is 40.0 Å². The smallest absolute Gasteiger partial charge is 0.282 e. The molecule has 0 atom stereocenters. The van der Waals surface area contributed by atoms with Crippen LogP contribution in [0.15, 0.2) is 34.4 Å². The lowest BCUT2D eigenvalue weighted by Gasteiger charge is -2.06. The van der Waals surface area contributed by atoms with Crippen molar-refractivity contribution in [3.8, 4) is 0 Å². The van der Waals surface area contributed by atoms with Crippen molar-refractivity contribution >= 4 is 39.5 Å². The van der Waals surface area contributed by atoms with Gasteiger partial charge in [-0.2, -0.15) is 0 Å². The number of nitrogens with one attached hydrogen (secondary N) is 1. The van der Waals surface area contributed by atoms with Gasteiger partial charge < -0.3 is 5.32 Å². The maximum atomic E-state index is 12.3. The highest BCUT2D eigenvalue weighted by molar-refractivity contribution is 7.15. The van der Waals surface area contributed by atoms with Crippen molar-refractivity contribution in [1.29, 1.82) is 0 Å². The second-order valence-corrected chi connectivity index (χ2v) is 6.78. The zero-order valence-corrected chi connectivity index (χ0v) is 15.1. The maximum Gasteiger partial charge on any atom is 0.282 e. The predicted molar refractivity (Wildman–Crippen MR) is 98.2 cm³/mol. The molecule has 0 aliphatic rings. The van der Waals surface area contributed by atoms with Crippen LogP contribution in [-0.4, -0.2) is 26.8 Å². The number of nitro benzene ring substituents is 1. The third-order valence-electron chi connectivity index (χ3n) is 3.67. The van der Waals surface area contributed by atoms with E-state index in [2.05, 4.69) is 10.3 Å². The predicted octanol–water partition coefficient (Wildman–Crippen LogP) is 2.60. The number of amides is 1. The Kier molecular flexibility index (Phi) is 5.01. The highest BCUT2D eigenvalue weighted by atomic mass is 35.5. The molecule has 3 aromatic rings. The fourth-order valence-electron chi connectivity index (χ4n) is 2.51. The molecule has 134 valence electrons. The van der Waals surface area contributed by atoms with Gasteiger partial charge in [-0.15, -0.1) is 11.3 Å². The largest absolute Gasteiger partial charge is 0.351 e. The number of rotatable bonds is 5. The molecular formula is C16H13ClN4O4S. The molecule has 0 fully saturated rings. The maximum absolute atomic E-state index is 12.3. The van der Waals surface area contributed by atoms with E-state index in [1.54, 1.807) is 12.3 Å². The molecule has 0 saturated carbocycles. The lowest BCUT2D eigenvalue weighted by Crippen LogP contribution is -2.27. The van der Waals surface area contributed by atoms with Gasteiger partial charge in [0.1, 0.15) is 5.56 Å². The Labute approximate surface area is 156 Å². The van der Waals surface area contributed by atoms with E-state index < -0.39 is 10.8 Å². The highest BCUT2D eigenvalue weighted by Gasteiger charge is 2.20. The van der Waals surface area contributed by atoms with Gasteiger partial charge in [0.05, 0.1) is 4.92 Å². The van der Waals surface area contributed by atoms with Crippen LogP contribution in [0.3, 0.4) is 0 Å². The third-order valence-corrected chi connectivity index (χ3v) is 4.78. The molecule has 0 saturated heterocycles. The van der Waals surface area contributed by atoms with Crippen LogP contribution in [0.5, 0.6) is 0 Å². The number of carbonyl (C=O) groups excluding carboxylic acids is 1. The van der Waals surface area contributed by atoms with E-state index in [-0.39, 0.29) is 28.4 Å². The first-order chi connectivity index (χ1) is 12.4. The summed E-state index contributed by atoms with van der Waals surface area (Å²) < 4.78 is 1.49. The first-order valence-corrected chi connectivity index (χ1v) is 8.81. The number of halogens is 1. The Bertz CT molecular complexity index is 1080. The minimum atomic E-state index is -0.634. The molecule has 0 aliphatic heterocycles. The van der Waals surface area contributed by atoms with E-state index in [0.717, 1.165) is 0 Å². The Balaban J connectivity index is 1.75. The number of aryl methyl sites for hydroxylation is 1. The van der Waals surface area contributed by atoms with Crippen molar-refractivity contribution < 1.29 is 9.72 Å². The van der Waals surface area contributed by atoms with E-state index in [4.69, 9.17) is 11.6 Å². The number of fused-ring (bicyclic) bond motifs is 1. The SMILES string of the molecule is Cc1cc(=O)n2c(CCNC(=O)c3cc(Cl)ccc3[N+](=O)[O-])csc2n1. The van der Waals surface area contributed by atoms with Crippen molar-refractivity contribution in [2.75, 3.05) is 6.54 Å². The number of nitrogens with zero attached hydrogens (tertiary/aromatic N) is 3. The van der Waals surface area contributed by atoms with Crippen LogP contribution in [0.25, 0.3) is 4.96 Å². The van der Waals surface area contributed by atoms with Gasteiger partial charge in [-0.25, -0.2) is 4.98 Å². The second-order valence-electron chi connectivity index (χ2n) is 5.51. The van der Waals surface area contributed by atoms with E-state index in [9.17, 15) is 19.7 Å². The summed E-state index contributed by atoms with van der Waals surface area (Å²) in [4.78, 5) is 39.7. The molecule has 1 amide bonds. The topological polar surface area (TPSA) is 107 Å². The summed E-state index contributed by atoms with van der Waals surface area (Å²) in [7, 11) is 0. The molecule has 26 heavy (non-hydrogen) atoms. The lowest BCUT2D eigenvalue weighted by molar-refractivity contribution is -0.385. The molecule has 10 heteroatoms. The van der Waals surface area contributed by atoms with Gasteiger partial charge in [-0.3, -0.25) is 24.1 Å². The van der Waals surface area contributed by atoms with Gasteiger partial charge >= 0.3 is 0 Å². The summed E-state index contributed by atoms with van der Waals surface area (Å²) in [6.45, 7) is 1.95. The van der Waals surface area contributed by atoms with Crippen LogP contribution < -0.4 is 10.9 Å². The first kappa shape index (κ1) is 18.0. The lowest BCUT2D eigenvalue weighted by atomic mass is 10.1. The summed E-state index contributed by atoms with van der Waals surface area (Å²) in [5.74, 6) is -0.597. The fourth-order valence-corrected chi connectivity index (χ4v) is 3.65. The van der Waals surface area contributed by atoms with Crippen molar-refractivity contribution in [1.82, 2.24) is 14.7 Å². The van der Waals surface area contributed by atoms with Crippen molar-refractivity contribution in [3.05, 3.63) is 72.1 Å². The number of carbonyl (C=O) groups is 1. The average Bonchev–Trinajstić information content (AvgIpc) is 2.97. The van der Waals surface area contributed by atoms with Crippen LogP contribution in [0.1, 0.15) is 21.7 Å². The van der Waals surface area contributed by atoms with Gasteiger partial charge in [-0.1, -0.05) is 11.6 Å². The molecular weight excluding hydrogens is 380 g/mol. The molecule has 8 nitrogen and oxygen atoms in total. The summed E-state index contributed by atoms with van der Waals surface area (Å²) in [5.41, 5.74) is 0.754. The molecule has 1 N–H and O–H groups in total. The van der Waals surface area contributed by atoms with Crippen molar-refractivity contribution in [2.24, 2.45) is 0 Å². The monoisotopic (exact) mass is 392 g/mol. The number of nitro groups is 1. The molecule has 3 rings (SSSR count). The zero-order chi connectivity index (χ0) is 18.8. The van der Waals surface area contributed by atoms with E-state index in [0.29, 0.717) is 22.8 Å². The zero-order valence-electron chi connectivity index (χ0n) is 13.6. The summed E-state index contributed by atoms with van der Waals surface area (Å²) in [5, 5.41) is 15.7. The third kappa shape index (κ3) is 3.58. The van der Waals surface area contributed by atoms with Gasteiger partial charge in [0.15, 0.2) is 4.96 Å². The Morgan fingerprint density at radius 3 is 2.92 bits per heavy atom. The molecule has 0 radical (unpaired) electrons. The second kappa shape index (κ2) is 7.22. The van der Waals surface area contributed by atoms with Crippen molar-refractivity contribution in [2.45, 2.75) is 13.3 Å². The number of hydrogen-bond donors (Lipinski definition) is 1. The van der Waals surface area contributed by atoms with Crippen LogP contribution in [-0.2, 0) is 6.42 Å². The molecule has 2 aromatic heterocycles. The highest BCUT2D eigenvalue weighted by Crippen LogP contribution is 2.22. The first-order valence-electron chi connectivity index (χ1n) is 7.56. The Morgan fingerprint density at radius 2 is 2.19 bits per heavy atom. The normalized spacial score (nSPS) is 10.8. The Morgan fingerprint density at radius 1 is 1.42 bits per heavy atom. The van der Waals surface area contributed by atoms with Crippen LogP contribution in [0.4, 0.5) is 5.69 Å². The van der Waals surface area contributed by atoms with Gasteiger partial charge in [0, 0.05) is 46.9 Å². The number of aromatic nitrogens is 2. The van der Waals surface area contributed by atoms with Crippen LogP contribution >= 0.6 is 22.9 Å². The van der Waals surface area contributed by atoms with Gasteiger partial charge in [0.2, 0.25) is 0 Å². The molecule has 0 aliphatic carbocycles. The summed E-state index contributed by atoms with van der Waals surface area (Å²) in [6.07, 6.45) is 0.380. The number of hydrogen-bond acceptors (Lipinski definition) is 6. The van der Waals surface area contributed by atoms with Crippen LogP contribution in [0.2, 0.25) is 5.02 Å². The quantitative estimate of drug-likeness (QED) is 0.530. The number of benzene rings is 1. The summed E-state index contributed by atoms with van der Waals surface area (Å²) in [6, 6.07) is 5.25. The Hall–Kier alpha value is -2.78. The average molecular weight is 393 g/mol. The molecule has 1 aromatic carbocycles. The molecule has 0 spiro atoms. The molecule has 2 heterocycles. The molecule has 0 unspecified atom stereocenters. The standard InChI is InChI=1S/C16H13ClN4O4S/c1-9-6-14(22)20-11(8-26-16(20)19-9)4-5-18-15(23)12-7-10(17)2-3-13(12)21(24)25/h2-3,6-8H,4-5H2,1H3,(H,18,23). The minimum Gasteiger partial charge on any atom is -0.351 e. The van der Waals surface area contributed by atoms with Gasteiger partial charge in [0.25, 0.3) is 17.2 Å². The number of thiazole rings is 1. The fraction of sp³-hybridized carbons (Fsp3) is 0.188. The minimum absolute atomic E-state index is 0.105. The van der Waals surface area contributed by atoms with E-state index in [1.807, 2.05) is 0 Å².